The minimum Gasteiger partial charge on any atom is -0.264 e. The zero-order chi connectivity index (χ0) is 11.5. The smallest absolute Gasteiger partial charge is 0.0694 e. The maximum Gasteiger partial charge on any atom is 0.0694 e. The normalized spacial score (nSPS) is 12.7. The van der Waals surface area contributed by atoms with E-state index < -0.39 is 0 Å². The first-order valence-corrected chi connectivity index (χ1v) is 5.19. The lowest BCUT2D eigenvalue weighted by Crippen LogP contribution is -2.05. The molecule has 0 unspecified atom stereocenters. The summed E-state index contributed by atoms with van der Waals surface area (Å²) < 4.78 is 0. The SMILES string of the molecule is C=Nc1ccccc1/C=C(\C)C(C)(C)C. The highest BCUT2D eigenvalue weighted by atomic mass is 14.7. The molecule has 1 aromatic rings. The van der Waals surface area contributed by atoms with Gasteiger partial charge in [-0.3, -0.25) is 4.99 Å². The monoisotopic (exact) mass is 201 g/mol. The van der Waals surface area contributed by atoms with Crippen LogP contribution in [0.2, 0.25) is 0 Å². The van der Waals surface area contributed by atoms with Gasteiger partial charge in [-0.15, -0.1) is 0 Å². The van der Waals surface area contributed by atoms with E-state index in [0.717, 1.165) is 11.3 Å². The van der Waals surface area contributed by atoms with Crippen molar-refractivity contribution in [3.8, 4) is 0 Å². The number of nitrogens with zero attached hydrogens (tertiary/aromatic N) is 1. The molecule has 0 fully saturated rings. The second-order valence-corrected chi connectivity index (χ2v) is 4.79. The third-order valence-electron chi connectivity index (χ3n) is 2.66. The summed E-state index contributed by atoms with van der Waals surface area (Å²) in [6, 6.07) is 8.05. The van der Waals surface area contributed by atoms with Crippen molar-refractivity contribution in [3.63, 3.8) is 0 Å². The second-order valence-electron chi connectivity index (χ2n) is 4.79. The van der Waals surface area contributed by atoms with Crippen molar-refractivity contribution in [2.75, 3.05) is 0 Å². The summed E-state index contributed by atoms with van der Waals surface area (Å²) in [6.07, 6.45) is 2.18. The third kappa shape index (κ3) is 3.05. The molecular formula is C14H19N. The maximum atomic E-state index is 4.01. The van der Waals surface area contributed by atoms with Gasteiger partial charge >= 0.3 is 0 Å². The van der Waals surface area contributed by atoms with Crippen LogP contribution in [0.3, 0.4) is 0 Å². The van der Waals surface area contributed by atoms with E-state index in [4.69, 9.17) is 0 Å². The average Bonchev–Trinajstić information content (AvgIpc) is 2.17. The van der Waals surface area contributed by atoms with Gasteiger partial charge in [0.05, 0.1) is 5.69 Å². The van der Waals surface area contributed by atoms with Gasteiger partial charge in [0.1, 0.15) is 0 Å². The summed E-state index contributed by atoms with van der Waals surface area (Å²) in [4.78, 5) is 4.01. The van der Waals surface area contributed by atoms with E-state index in [1.807, 2.05) is 18.2 Å². The summed E-state index contributed by atoms with van der Waals surface area (Å²) in [6.45, 7) is 12.4. The van der Waals surface area contributed by atoms with Gasteiger partial charge in [0, 0.05) is 5.56 Å². The molecule has 1 heteroatoms. The van der Waals surface area contributed by atoms with Crippen LogP contribution >= 0.6 is 0 Å². The van der Waals surface area contributed by atoms with E-state index in [1.54, 1.807) is 0 Å². The summed E-state index contributed by atoms with van der Waals surface area (Å²) in [5.74, 6) is 0. The number of hydrogen-bond acceptors (Lipinski definition) is 1. The fraction of sp³-hybridized carbons (Fsp3) is 0.357. The van der Waals surface area contributed by atoms with Crippen LogP contribution < -0.4 is 0 Å². The molecule has 0 aromatic heterocycles. The first-order valence-electron chi connectivity index (χ1n) is 5.19. The molecule has 0 aliphatic carbocycles. The van der Waals surface area contributed by atoms with Crippen molar-refractivity contribution < 1.29 is 0 Å². The van der Waals surface area contributed by atoms with Crippen LogP contribution in [-0.2, 0) is 0 Å². The van der Waals surface area contributed by atoms with Gasteiger partial charge in [-0.1, -0.05) is 50.6 Å². The zero-order valence-corrected chi connectivity index (χ0v) is 10.0. The molecule has 0 bridgehead atoms. The Balaban J connectivity index is 3.13. The Bertz CT molecular complexity index is 381. The van der Waals surface area contributed by atoms with Crippen molar-refractivity contribution in [2.24, 2.45) is 10.4 Å². The number of aliphatic imine (C=N–C) groups is 1. The zero-order valence-electron chi connectivity index (χ0n) is 10.0. The Kier molecular flexibility index (Phi) is 3.46. The second kappa shape index (κ2) is 4.43. The molecule has 1 nitrogen and oxygen atoms in total. The average molecular weight is 201 g/mol. The first-order chi connectivity index (χ1) is 6.95. The minimum absolute atomic E-state index is 0.203. The highest BCUT2D eigenvalue weighted by Gasteiger charge is 2.12. The van der Waals surface area contributed by atoms with Gasteiger partial charge < -0.3 is 0 Å². The Morgan fingerprint density at radius 3 is 2.40 bits per heavy atom. The maximum absolute atomic E-state index is 4.01. The van der Waals surface area contributed by atoms with Crippen molar-refractivity contribution in [1.82, 2.24) is 0 Å². The summed E-state index contributed by atoms with van der Waals surface area (Å²) in [7, 11) is 0. The molecule has 0 saturated carbocycles. The molecule has 0 radical (unpaired) electrons. The minimum atomic E-state index is 0.203. The molecule has 1 aromatic carbocycles. The summed E-state index contributed by atoms with van der Waals surface area (Å²) in [5.41, 5.74) is 3.63. The van der Waals surface area contributed by atoms with Crippen LogP contribution in [0.5, 0.6) is 0 Å². The van der Waals surface area contributed by atoms with Gasteiger partial charge in [-0.2, -0.15) is 0 Å². The van der Waals surface area contributed by atoms with Gasteiger partial charge in [0.25, 0.3) is 0 Å². The van der Waals surface area contributed by atoms with Crippen molar-refractivity contribution in [2.45, 2.75) is 27.7 Å². The van der Waals surface area contributed by atoms with E-state index in [1.165, 1.54) is 5.57 Å². The predicted molar refractivity (Wildman–Crippen MR) is 68.8 cm³/mol. The number of para-hydroxylation sites is 1. The molecular weight excluding hydrogens is 182 g/mol. The quantitative estimate of drug-likeness (QED) is 0.626. The van der Waals surface area contributed by atoms with E-state index in [2.05, 4.69) is 51.5 Å². The van der Waals surface area contributed by atoms with Crippen molar-refractivity contribution in [3.05, 3.63) is 35.4 Å². The molecule has 0 aliphatic rings. The topological polar surface area (TPSA) is 12.4 Å². The van der Waals surface area contributed by atoms with E-state index in [-0.39, 0.29) is 5.41 Å². The predicted octanol–water partition coefficient (Wildman–Crippen LogP) is 4.47. The van der Waals surface area contributed by atoms with Gasteiger partial charge in [0.15, 0.2) is 0 Å². The number of allylic oxidation sites excluding steroid dienone is 1. The Morgan fingerprint density at radius 2 is 1.87 bits per heavy atom. The summed E-state index contributed by atoms with van der Waals surface area (Å²) >= 11 is 0. The molecule has 1 rings (SSSR count). The molecule has 15 heavy (non-hydrogen) atoms. The van der Waals surface area contributed by atoms with E-state index >= 15 is 0 Å². The highest BCUT2D eigenvalue weighted by molar-refractivity contribution is 5.67. The molecule has 0 amide bonds. The van der Waals surface area contributed by atoms with Crippen LogP contribution in [0.15, 0.2) is 34.8 Å². The molecule has 0 saturated heterocycles. The molecule has 80 valence electrons. The van der Waals surface area contributed by atoms with Gasteiger partial charge in [-0.05, 0) is 25.1 Å². The largest absolute Gasteiger partial charge is 0.264 e. The van der Waals surface area contributed by atoms with Crippen LogP contribution in [0.1, 0.15) is 33.3 Å². The number of hydrogen-bond donors (Lipinski definition) is 0. The summed E-state index contributed by atoms with van der Waals surface area (Å²) in [5, 5.41) is 0. The Hall–Kier alpha value is -1.37. The lowest BCUT2D eigenvalue weighted by atomic mass is 9.86. The van der Waals surface area contributed by atoms with Gasteiger partial charge in [0.2, 0.25) is 0 Å². The van der Waals surface area contributed by atoms with Crippen LogP contribution in [-0.4, -0.2) is 6.72 Å². The first kappa shape index (κ1) is 11.7. The molecule has 0 atom stereocenters. The molecule has 0 aliphatic heterocycles. The highest BCUT2D eigenvalue weighted by Crippen LogP contribution is 2.29. The third-order valence-corrected chi connectivity index (χ3v) is 2.66. The fourth-order valence-corrected chi connectivity index (χ4v) is 1.20. The molecule has 0 N–H and O–H groups in total. The fourth-order valence-electron chi connectivity index (χ4n) is 1.20. The lowest BCUT2D eigenvalue weighted by molar-refractivity contribution is 0.508. The van der Waals surface area contributed by atoms with Crippen LogP contribution in [0, 0.1) is 5.41 Å². The molecule has 0 heterocycles. The van der Waals surface area contributed by atoms with Crippen molar-refractivity contribution in [1.29, 1.82) is 0 Å². The van der Waals surface area contributed by atoms with Gasteiger partial charge in [-0.25, -0.2) is 0 Å². The Labute approximate surface area is 92.6 Å². The van der Waals surface area contributed by atoms with Crippen LogP contribution in [0.4, 0.5) is 5.69 Å². The lowest BCUT2D eigenvalue weighted by Gasteiger charge is -2.19. The number of rotatable bonds is 2. The van der Waals surface area contributed by atoms with E-state index in [9.17, 15) is 0 Å². The Morgan fingerprint density at radius 1 is 1.27 bits per heavy atom. The molecule has 0 spiro atoms. The number of benzene rings is 1. The standard InChI is InChI=1S/C14H19N/c1-11(14(2,3)4)10-12-8-6-7-9-13(12)15-5/h6-10H,5H2,1-4H3/b11-10+. The van der Waals surface area contributed by atoms with Crippen LogP contribution in [0.25, 0.3) is 6.08 Å². The van der Waals surface area contributed by atoms with E-state index in [0.29, 0.717) is 0 Å². The van der Waals surface area contributed by atoms with Crippen molar-refractivity contribution >= 4 is 18.5 Å².